The number of aromatic nitrogens is 2. The van der Waals surface area contributed by atoms with Crippen LogP contribution in [0, 0.1) is 0 Å². The Morgan fingerprint density at radius 1 is 1.16 bits per heavy atom. The number of nitrogens with one attached hydrogen (secondary N) is 1. The summed E-state index contributed by atoms with van der Waals surface area (Å²) in [5, 5.41) is 4.83. The third-order valence-corrected chi connectivity index (χ3v) is 4.36. The first kappa shape index (κ1) is 17.3. The second-order valence-corrected chi connectivity index (χ2v) is 6.17. The molecular formula is C19H21ClN4O. The zero-order valence-electron chi connectivity index (χ0n) is 14.4. The van der Waals surface area contributed by atoms with Crippen molar-refractivity contribution in [3.8, 4) is 5.75 Å². The van der Waals surface area contributed by atoms with Gasteiger partial charge in [0.05, 0.1) is 17.6 Å². The average molecular weight is 357 g/mol. The molecule has 5 nitrogen and oxygen atoms in total. The summed E-state index contributed by atoms with van der Waals surface area (Å²) in [7, 11) is 3.69. The number of hydrogen-bond acceptors (Lipinski definition) is 5. The fourth-order valence-electron chi connectivity index (χ4n) is 2.69. The van der Waals surface area contributed by atoms with Gasteiger partial charge < -0.3 is 15.0 Å². The molecule has 0 spiro atoms. The predicted octanol–water partition coefficient (Wildman–Crippen LogP) is 4.23. The Bertz CT molecular complexity index is 841. The highest BCUT2D eigenvalue weighted by atomic mass is 35.5. The molecule has 0 unspecified atom stereocenters. The molecule has 0 radical (unpaired) electrons. The van der Waals surface area contributed by atoms with E-state index in [0.717, 1.165) is 36.2 Å². The molecule has 3 aromatic rings. The number of anilines is 2. The molecule has 0 aliphatic rings. The number of para-hydroxylation sites is 1. The fourth-order valence-corrected chi connectivity index (χ4v) is 2.93. The van der Waals surface area contributed by atoms with Crippen LogP contribution in [0.2, 0.25) is 5.02 Å². The van der Waals surface area contributed by atoms with Crippen LogP contribution in [-0.2, 0) is 0 Å². The number of hydrogen-bond donors (Lipinski definition) is 1. The van der Waals surface area contributed by atoms with Crippen LogP contribution in [0.1, 0.15) is 6.42 Å². The van der Waals surface area contributed by atoms with Crippen LogP contribution in [0.5, 0.6) is 5.75 Å². The van der Waals surface area contributed by atoms with Crippen LogP contribution in [0.3, 0.4) is 0 Å². The molecule has 130 valence electrons. The summed E-state index contributed by atoms with van der Waals surface area (Å²) in [6, 6.07) is 14.0. The van der Waals surface area contributed by atoms with Gasteiger partial charge in [-0.25, -0.2) is 9.97 Å². The molecule has 0 amide bonds. The van der Waals surface area contributed by atoms with Gasteiger partial charge in [0.2, 0.25) is 0 Å². The van der Waals surface area contributed by atoms with Crippen molar-refractivity contribution in [3.63, 3.8) is 0 Å². The Morgan fingerprint density at radius 3 is 2.72 bits per heavy atom. The lowest BCUT2D eigenvalue weighted by atomic mass is 10.2. The Kier molecular flexibility index (Phi) is 5.56. The summed E-state index contributed by atoms with van der Waals surface area (Å²) in [5.41, 5.74) is 2.02. The fraction of sp³-hybridized carbons (Fsp3) is 0.263. The van der Waals surface area contributed by atoms with Crippen molar-refractivity contribution in [3.05, 3.63) is 53.8 Å². The highest BCUT2D eigenvalue weighted by molar-refractivity contribution is 6.33. The van der Waals surface area contributed by atoms with Crippen LogP contribution < -0.4 is 15.0 Å². The number of ether oxygens (including phenoxy) is 1. The highest BCUT2D eigenvalue weighted by Crippen LogP contribution is 2.31. The maximum absolute atomic E-state index is 6.23. The van der Waals surface area contributed by atoms with Crippen LogP contribution in [0.4, 0.5) is 11.5 Å². The molecule has 0 bridgehead atoms. The molecule has 1 aromatic heterocycles. The average Bonchev–Trinajstić information content (AvgIpc) is 2.65. The predicted molar refractivity (Wildman–Crippen MR) is 104 cm³/mol. The minimum absolute atomic E-state index is 0.552. The van der Waals surface area contributed by atoms with Crippen molar-refractivity contribution in [2.45, 2.75) is 6.42 Å². The van der Waals surface area contributed by atoms with E-state index >= 15 is 0 Å². The van der Waals surface area contributed by atoms with E-state index in [1.165, 1.54) is 5.69 Å². The zero-order valence-corrected chi connectivity index (χ0v) is 15.1. The van der Waals surface area contributed by atoms with Crippen molar-refractivity contribution < 1.29 is 4.74 Å². The van der Waals surface area contributed by atoms with E-state index in [9.17, 15) is 0 Å². The molecule has 3 rings (SSSR count). The second kappa shape index (κ2) is 8.03. The van der Waals surface area contributed by atoms with Gasteiger partial charge in [0.15, 0.2) is 0 Å². The normalized spacial score (nSPS) is 10.7. The summed E-state index contributed by atoms with van der Waals surface area (Å²) in [4.78, 5) is 10.9. The van der Waals surface area contributed by atoms with Crippen LogP contribution in [0.25, 0.3) is 10.9 Å². The van der Waals surface area contributed by atoms with Gasteiger partial charge >= 0.3 is 0 Å². The van der Waals surface area contributed by atoms with E-state index in [4.69, 9.17) is 16.3 Å². The summed E-state index contributed by atoms with van der Waals surface area (Å²) < 4.78 is 5.24. The lowest BCUT2D eigenvalue weighted by molar-refractivity contribution is 0.415. The topological polar surface area (TPSA) is 50.3 Å². The number of nitrogens with zero attached hydrogens (tertiary/aromatic N) is 3. The number of rotatable bonds is 7. The number of methoxy groups -OCH3 is 1. The van der Waals surface area contributed by atoms with Crippen LogP contribution in [0.15, 0.2) is 48.8 Å². The number of benzene rings is 2. The van der Waals surface area contributed by atoms with Crippen molar-refractivity contribution in [2.75, 3.05) is 37.5 Å². The van der Waals surface area contributed by atoms with Gasteiger partial charge in [-0.05, 0) is 24.6 Å². The van der Waals surface area contributed by atoms with E-state index < -0.39 is 0 Å². The first-order valence-corrected chi connectivity index (χ1v) is 8.55. The Morgan fingerprint density at radius 2 is 1.96 bits per heavy atom. The minimum Gasteiger partial charge on any atom is -0.495 e. The molecule has 0 aliphatic carbocycles. The molecule has 0 saturated carbocycles. The number of halogens is 1. The van der Waals surface area contributed by atoms with Gasteiger partial charge in [-0.1, -0.05) is 29.8 Å². The molecule has 1 heterocycles. The van der Waals surface area contributed by atoms with Crippen LogP contribution in [-0.4, -0.2) is 37.2 Å². The van der Waals surface area contributed by atoms with Crippen molar-refractivity contribution >= 4 is 34.0 Å². The van der Waals surface area contributed by atoms with Crippen molar-refractivity contribution in [2.24, 2.45) is 0 Å². The summed E-state index contributed by atoms with van der Waals surface area (Å²) in [5.74, 6) is 1.40. The molecule has 0 saturated heterocycles. The first-order valence-electron chi connectivity index (χ1n) is 8.17. The van der Waals surface area contributed by atoms with Gasteiger partial charge in [0, 0.05) is 37.3 Å². The largest absolute Gasteiger partial charge is 0.495 e. The highest BCUT2D eigenvalue weighted by Gasteiger charge is 2.09. The van der Waals surface area contributed by atoms with Crippen LogP contribution >= 0.6 is 11.6 Å². The smallest absolute Gasteiger partial charge is 0.139 e. The van der Waals surface area contributed by atoms with Crippen molar-refractivity contribution in [1.82, 2.24) is 9.97 Å². The molecule has 25 heavy (non-hydrogen) atoms. The van der Waals surface area contributed by atoms with Gasteiger partial charge in [0.25, 0.3) is 0 Å². The summed E-state index contributed by atoms with van der Waals surface area (Å²) in [6.07, 6.45) is 2.54. The SMILES string of the molecule is COc1cc2ncnc(NCCCN(C)c3ccccc3)c2cc1Cl. The molecule has 0 atom stereocenters. The van der Waals surface area contributed by atoms with E-state index in [-0.39, 0.29) is 0 Å². The Balaban J connectivity index is 1.62. The standard InChI is InChI=1S/C19H21ClN4O/c1-24(14-7-4-3-5-8-14)10-6-9-21-19-15-11-16(20)18(25-2)12-17(15)22-13-23-19/h3-5,7-8,11-13H,6,9-10H2,1-2H3,(H,21,22,23). The molecule has 1 N–H and O–H groups in total. The van der Waals surface area contributed by atoms with Crippen molar-refractivity contribution in [1.29, 1.82) is 0 Å². The lowest BCUT2D eigenvalue weighted by Crippen LogP contribution is -2.20. The molecular weight excluding hydrogens is 336 g/mol. The minimum atomic E-state index is 0.552. The third kappa shape index (κ3) is 4.12. The van der Waals surface area contributed by atoms with Gasteiger partial charge in [-0.2, -0.15) is 0 Å². The maximum atomic E-state index is 6.23. The molecule has 0 aliphatic heterocycles. The number of fused-ring (bicyclic) bond motifs is 1. The lowest BCUT2D eigenvalue weighted by Gasteiger charge is -2.19. The first-order chi connectivity index (χ1) is 12.2. The van der Waals surface area contributed by atoms with E-state index in [2.05, 4.69) is 51.5 Å². The molecule has 6 heteroatoms. The molecule has 2 aromatic carbocycles. The van der Waals surface area contributed by atoms with Gasteiger partial charge in [-0.15, -0.1) is 0 Å². The Hall–Kier alpha value is -2.53. The second-order valence-electron chi connectivity index (χ2n) is 5.76. The molecule has 0 fully saturated rings. The third-order valence-electron chi connectivity index (χ3n) is 4.07. The maximum Gasteiger partial charge on any atom is 0.139 e. The van der Waals surface area contributed by atoms with E-state index in [0.29, 0.717) is 10.8 Å². The monoisotopic (exact) mass is 356 g/mol. The quantitative estimate of drug-likeness (QED) is 0.642. The zero-order chi connectivity index (χ0) is 17.6. The van der Waals surface area contributed by atoms with Gasteiger partial charge in [0.1, 0.15) is 17.9 Å². The Labute approximate surface area is 152 Å². The summed E-state index contributed by atoms with van der Waals surface area (Å²) >= 11 is 6.23. The summed E-state index contributed by atoms with van der Waals surface area (Å²) in [6.45, 7) is 1.77. The van der Waals surface area contributed by atoms with E-state index in [1.807, 2.05) is 18.2 Å². The van der Waals surface area contributed by atoms with Gasteiger partial charge in [-0.3, -0.25) is 0 Å². The van der Waals surface area contributed by atoms with E-state index in [1.54, 1.807) is 13.4 Å².